The SMILES string of the molecule is CN=C(NCCOc1ccc(C)cc1)NCc1ccccc1S(=O)(=O)N(C)C.I. The third-order valence-electron chi connectivity index (χ3n) is 4.09. The van der Waals surface area contributed by atoms with Gasteiger partial charge in [0.05, 0.1) is 11.4 Å². The van der Waals surface area contributed by atoms with Crippen molar-refractivity contribution in [1.82, 2.24) is 14.9 Å². The van der Waals surface area contributed by atoms with Crippen molar-refractivity contribution in [2.75, 3.05) is 34.3 Å². The molecule has 0 fully saturated rings. The number of aryl methyl sites for hydroxylation is 1. The fourth-order valence-electron chi connectivity index (χ4n) is 2.47. The molecule has 0 saturated carbocycles. The van der Waals surface area contributed by atoms with Crippen molar-refractivity contribution in [3.63, 3.8) is 0 Å². The summed E-state index contributed by atoms with van der Waals surface area (Å²) >= 11 is 0. The summed E-state index contributed by atoms with van der Waals surface area (Å²) in [6.07, 6.45) is 0. The van der Waals surface area contributed by atoms with Gasteiger partial charge in [-0.2, -0.15) is 0 Å². The van der Waals surface area contributed by atoms with Gasteiger partial charge in [-0.15, -0.1) is 24.0 Å². The minimum atomic E-state index is -3.50. The quantitative estimate of drug-likeness (QED) is 0.237. The van der Waals surface area contributed by atoms with E-state index in [1.54, 1.807) is 25.2 Å². The van der Waals surface area contributed by atoms with Crippen LogP contribution in [-0.4, -0.2) is 53.0 Å². The Bertz CT molecular complexity index is 900. The molecule has 0 aliphatic rings. The number of nitrogens with one attached hydrogen (secondary N) is 2. The van der Waals surface area contributed by atoms with Crippen LogP contribution in [0.2, 0.25) is 0 Å². The standard InChI is InChI=1S/C20H28N4O3S.HI/c1-16-9-11-18(12-10-16)27-14-13-22-20(21-2)23-15-17-7-5-6-8-19(17)28(25,26)24(3)4;/h5-12H,13-15H2,1-4H3,(H2,21,22,23);1H. The van der Waals surface area contributed by atoms with Gasteiger partial charge >= 0.3 is 0 Å². The van der Waals surface area contributed by atoms with Crippen molar-refractivity contribution < 1.29 is 13.2 Å². The van der Waals surface area contributed by atoms with Crippen LogP contribution in [-0.2, 0) is 16.6 Å². The lowest BCUT2D eigenvalue weighted by Gasteiger charge is -2.17. The van der Waals surface area contributed by atoms with E-state index in [0.29, 0.717) is 31.2 Å². The average Bonchev–Trinajstić information content (AvgIpc) is 2.69. The van der Waals surface area contributed by atoms with Crippen molar-refractivity contribution in [3.05, 3.63) is 59.7 Å². The highest BCUT2D eigenvalue weighted by atomic mass is 127. The first-order valence-electron chi connectivity index (χ1n) is 8.99. The minimum absolute atomic E-state index is 0. The Balaban J connectivity index is 0.00000420. The molecule has 0 radical (unpaired) electrons. The van der Waals surface area contributed by atoms with E-state index in [-0.39, 0.29) is 28.9 Å². The molecule has 0 aliphatic carbocycles. The lowest BCUT2D eigenvalue weighted by atomic mass is 10.2. The van der Waals surface area contributed by atoms with Crippen molar-refractivity contribution in [3.8, 4) is 5.75 Å². The number of rotatable bonds is 8. The molecule has 0 unspecified atom stereocenters. The van der Waals surface area contributed by atoms with E-state index >= 15 is 0 Å². The number of aliphatic imine (C=N–C) groups is 1. The van der Waals surface area contributed by atoms with Crippen LogP contribution >= 0.6 is 24.0 Å². The first-order valence-corrected chi connectivity index (χ1v) is 10.4. The highest BCUT2D eigenvalue weighted by Crippen LogP contribution is 2.18. The number of nitrogens with zero attached hydrogens (tertiary/aromatic N) is 2. The van der Waals surface area contributed by atoms with Gasteiger partial charge in [0.25, 0.3) is 0 Å². The summed E-state index contributed by atoms with van der Waals surface area (Å²) in [4.78, 5) is 4.45. The molecule has 0 aromatic heterocycles. The van der Waals surface area contributed by atoms with E-state index < -0.39 is 10.0 Å². The molecular weight excluding hydrogens is 503 g/mol. The van der Waals surface area contributed by atoms with Gasteiger partial charge in [-0.05, 0) is 30.7 Å². The maximum absolute atomic E-state index is 12.5. The monoisotopic (exact) mass is 532 g/mol. The Kier molecular flexibility index (Phi) is 10.4. The first kappa shape index (κ1) is 25.2. The second-order valence-electron chi connectivity index (χ2n) is 6.41. The summed E-state index contributed by atoms with van der Waals surface area (Å²) < 4.78 is 31.8. The van der Waals surface area contributed by atoms with Gasteiger partial charge < -0.3 is 15.4 Å². The van der Waals surface area contributed by atoms with Crippen LogP contribution in [0, 0.1) is 6.92 Å². The zero-order valence-corrected chi connectivity index (χ0v) is 20.3. The van der Waals surface area contributed by atoms with Gasteiger partial charge in [-0.1, -0.05) is 35.9 Å². The molecule has 9 heteroatoms. The van der Waals surface area contributed by atoms with Crippen molar-refractivity contribution in [2.45, 2.75) is 18.4 Å². The van der Waals surface area contributed by atoms with Gasteiger partial charge in [-0.25, -0.2) is 12.7 Å². The summed E-state index contributed by atoms with van der Waals surface area (Å²) in [6, 6.07) is 14.8. The number of hydrogen-bond acceptors (Lipinski definition) is 4. The second-order valence-corrected chi connectivity index (χ2v) is 8.53. The fraction of sp³-hybridized carbons (Fsp3) is 0.350. The van der Waals surface area contributed by atoms with Crippen molar-refractivity contribution in [2.24, 2.45) is 4.99 Å². The summed E-state index contributed by atoms with van der Waals surface area (Å²) in [5.74, 6) is 1.39. The minimum Gasteiger partial charge on any atom is -0.492 e. The first-order chi connectivity index (χ1) is 13.3. The fourth-order valence-corrected chi connectivity index (χ4v) is 3.59. The average molecular weight is 532 g/mol. The molecule has 0 aliphatic heterocycles. The number of hydrogen-bond donors (Lipinski definition) is 2. The number of guanidine groups is 1. The molecule has 29 heavy (non-hydrogen) atoms. The topological polar surface area (TPSA) is 83.0 Å². The Morgan fingerprint density at radius 2 is 1.72 bits per heavy atom. The third kappa shape index (κ3) is 7.48. The molecule has 2 aromatic rings. The third-order valence-corrected chi connectivity index (χ3v) is 6.00. The van der Waals surface area contributed by atoms with Crippen molar-refractivity contribution >= 4 is 40.0 Å². The summed E-state index contributed by atoms with van der Waals surface area (Å²) in [5.41, 5.74) is 1.86. The Labute approximate surface area is 190 Å². The van der Waals surface area contributed by atoms with Crippen LogP contribution in [0.1, 0.15) is 11.1 Å². The van der Waals surface area contributed by atoms with E-state index in [1.807, 2.05) is 37.3 Å². The predicted octanol–water partition coefficient (Wildman–Crippen LogP) is 2.61. The van der Waals surface area contributed by atoms with E-state index in [9.17, 15) is 8.42 Å². The number of benzene rings is 2. The number of halogens is 1. The molecule has 0 amide bonds. The van der Waals surface area contributed by atoms with Crippen LogP contribution in [0.15, 0.2) is 58.4 Å². The molecule has 0 saturated heterocycles. The van der Waals surface area contributed by atoms with Gasteiger partial charge in [0.2, 0.25) is 10.0 Å². The molecule has 2 N–H and O–H groups in total. The lowest BCUT2D eigenvalue weighted by Crippen LogP contribution is -2.39. The predicted molar refractivity (Wildman–Crippen MR) is 128 cm³/mol. The molecule has 0 atom stereocenters. The molecule has 2 aromatic carbocycles. The van der Waals surface area contributed by atoms with Crippen LogP contribution in [0.25, 0.3) is 0 Å². The van der Waals surface area contributed by atoms with Crippen LogP contribution in [0.4, 0.5) is 0 Å². The molecule has 7 nitrogen and oxygen atoms in total. The summed E-state index contributed by atoms with van der Waals surface area (Å²) in [6.45, 7) is 3.41. The van der Waals surface area contributed by atoms with Gasteiger partial charge in [0.15, 0.2) is 5.96 Å². The normalized spacial score (nSPS) is 11.7. The van der Waals surface area contributed by atoms with Gasteiger partial charge in [0, 0.05) is 27.7 Å². The number of ether oxygens (including phenoxy) is 1. The largest absolute Gasteiger partial charge is 0.492 e. The zero-order chi connectivity index (χ0) is 20.6. The van der Waals surface area contributed by atoms with Crippen LogP contribution in [0.3, 0.4) is 0 Å². The molecule has 0 heterocycles. The smallest absolute Gasteiger partial charge is 0.242 e. The van der Waals surface area contributed by atoms with Gasteiger partial charge in [0.1, 0.15) is 12.4 Å². The Morgan fingerprint density at radius 3 is 2.34 bits per heavy atom. The van der Waals surface area contributed by atoms with Crippen LogP contribution < -0.4 is 15.4 Å². The van der Waals surface area contributed by atoms with E-state index in [2.05, 4.69) is 15.6 Å². The summed E-state index contributed by atoms with van der Waals surface area (Å²) in [5, 5.41) is 6.30. The zero-order valence-electron chi connectivity index (χ0n) is 17.2. The second kappa shape index (κ2) is 12.0. The highest BCUT2D eigenvalue weighted by Gasteiger charge is 2.20. The Hall–Kier alpha value is -1.85. The maximum atomic E-state index is 12.5. The van der Waals surface area contributed by atoms with E-state index in [0.717, 1.165) is 5.75 Å². The van der Waals surface area contributed by atoms with Gasteiger partial charge in [-0.3, -0.25) is 4.99 Å². The molecule has 160 valence electrons. The molecule has 0 bridgehead atoms. The number of sulfonamides is 1. The molecule has 0 spiro atoms. The molecule has 2 rings (SSSR count). The lowest BCUT2D eigenvalue weighted by molar-refractivity contribution is 0.322. The van der Waals surface area contributed by atoms with Crippen LogP contribution in [0.5, 0.6) is 5.75 Å². The highest BCUT2D eigenvalue weighted by molar-refractivity contribution is 14.0. The Morgan fingerprint density at radius 1 is 1.07 bits per heavy atom. The maximum Gasteiger partial charge on any atom is 0.242 e. The summed E-state index contributed by atoms with van der Waals surface area (Å²) in [7, 11) is 1.21. The molecular formula is C20H29IN4O3S. The van der Waals surface area contributed by atoms with E-state index in [4.69, 9.17) is 4.74 Å². The van der Waals surface area contributed by atoms with Crippen molar-refractivity contribution in [1.29, 1.82) is 0 Å². The van der Waals surface area contributed by atoms with E-state index in [1.165, 1.54) is 24.0 Å².